The van der Waals surface area contributed by atoms with E-state index >= 15 is 0 Å². The van der Waals surface area contributed by atoms with Gasteiger partial charge in [-0.1, -0.05) is 6.07 Å². The summed E-state index contributed by atoms with van der Waals surface area (Å²) >= 11 is 0. The molecule has 1 heterocycles. The summed E-state index contributed by atoms with van der Waals surface area (Å²) in [5.74, 6) is -1.29. The number of hydrogen-bond acceptors (Lipinski definition) is 3. The van der Waals surface area contributed by atoms with Gasteiger partial charge in [0.15, 0.2) is 5.78 Å². The second kappa shape index (κ2) is 8.37. The highest BCUT2D eigenvalue weighted by Crippen LogP contribution is 2.20. The number of Topliss-reactive ketones (excluding diaryl/α,β-unsaturated/α-hetero) is 1. The molecule has 2 aromatic carbocycles. The lowest BCUT2D eigenvalue weighted by atomic mass is 10.1. The Balaban J connectivity index is 1.55. The zero-order chi connectivity index (χ0) is 20.3. The molecule has 28 heavy (non-hydrogen) atoms. The minimum Gasteiger partial charge on any atom is -0.368 e. The third-order valence-corrected chi connectivity index (χ3v) is 4.97. The standard InChI is InChI=1S/C21H23F2N3O2/c1-14(19-8-5-17(22)13-20(19)23)24-21(28)26-11-9-25(10-12-26)18-6-3-16(4-7-18)15(2)27/h3-8,13-14H,9-12H2,1-2H3,(H,24,28). The van der Waals surface area contributed by atoms with Crippen molar-refractivity contribution in [3.05, 3.63) is 65.2 Å². The van der Waals surface area contributed by atoms with Gasteiger partial charge in [0.1, 0.15) is 11.6 Å². The maximum absolute atomic E-state index is 13.9. The summed E-state index contributed by atoms with van der Waals surface area (Å²) in [6, 6.07) is 9.92. The molecule has 1 fully saturated rings. The van der Waals surface area contributed by atoms with Crippen molar-refractivity contribution in [3.8, 4) is 0 Å². The van der Waals surface area contributed by atoms with Crippen LogP contribution in [0.3, 0.4) is 0 Å². The van der Waals surface area contributed by atoms with E-state index in [2.05, 4.69) is 10.2 Å². The Morgan fingerprint density at radius 3 is 2.21 bits per heavy atom. The van der Waals surface area contributed by atoms with Crippen LogP contribution in [0.15, 0.2) is 42.5 Å². The van der Waals surface area contributed by atoms with Crippen molar-refractivity contribution in [2.45, 2.75) is 19.9 Å². The van der Waals surface area contributed by atoms with Gasteiger partial charge in [-0.2, -0.15) is 0 Å². The number of halogens is 2. The SMILES string of the molecule is CC(=O)c1ccc(N2CCN(C(=O)NC(C)c3ccc(F)cc3F)CC2)cc1. The minimum absolute atomic E-state index is 0.0275. The van der Waals surface area contributed by atoms with Crippen LogP contribution in [0.4, 0.5) is 19.3 Å². The quantitative estimate of drug-likeness (QED) is 0.813. The van der Waals surface area contributed by atoms with E-state index < -0.39 is 17.7 Å². The predicted octanol–water partition coefficient (Wildman–Crippen LogP) is 3.76. The molecule has 2 aromatic rings. The predicted molar refractivity (Wildman–Crippen MR) is 104 cm³/mol. The molecule has 2 amide bonds. The van der Waals surface area contributed by atoms with Crippen molar-refractivity contribution in [3.63, 3.8) is 0 Å². The van der Waals surface area contributed by atoms with Crippen molar-refractivity contribution < 1.29 is 18.4 Å². The first-order chi connectivity index (χ1) is 13.3. The van der Waals surface area contributed by atoms with E-state index in [9.17, 15) is 18.4 Å². The first-order valence-corrected chi connectivity index (χ1v) is 9.21. The van der Waals surface area contributed by atoms with Crippen LogP contribution in [0.25, 0.3) is 0 Å². The lowest BCUT2D eigenvalue weighted by Gasteiger charge is -2.36. The number of ketones is 1. The smallest absolute Gasteiger partial charge is 0.317 e. The molecular weight excluding hydrogens is 364 g/mol. The Hall–Kier alpha value is -2.96. The van der Waals surface area contributed by atoms with Gasteiger partial charge in [-0.3, -0.25) is 4.79 Å². The molecule has 1 aliphatic heterocycles. The van der Waals surface area contributed by atoms with Crippen LogP contribution in [0.1, 0.15) is 35.8 Å². The maximum atomic E-state index is 13.9. The highest BCUT2D eigenvalue weighted by atomic mass is 19.1. The van der Waals surface area contributed by atoms with Crippen LogP contribution in [-0.2, 0) is 0 Å². The summed E-state index contributed by atoms with van der Waals surface area (Å²) < 4.78 is 26.9. The number of amides is 2. The van der Waals surface area contributed by atoms with E-state index in [1.54, 1.807) is 24.0 Å². The van der Waals surface area contributed by atoms with Crippen molar-refractivity contribution >= 4 is 17.5 Å². The molecule has 3 rings (SSSR count). The van der Waals surface area contributed by atoms with Gasteiger partial charge in [-0.25, -0.2) is 13.6 Å². The van der Waals surface area contributed by atoms with E-state index in [0.717, 1.165) is 11.8 Å². The molecule has 1 N–H and O–H groups in total. The molecule has 0 aromatic heterocycles. The van der Waals surface area contributed by atoms with Crippen LogP contribution in [0.2, 0.25) is 0 Å². The van der Waals surface area contributed by atoms with Gasteiger partial charge in [0.2, 0.25) is 0 Å². The van der Waals surface area contributed by atoms with E-state index in [-0.39, 0.29) is 17.4 Å². The number of anilines is 1. The van der Waals surface area contributed by atoms with Gasteiger partial charge in [0, 0.05) is 49.1 Å². The fourth-order valence-corrected chi connectivity index (χ4v) is 3.28. The van der Waals surface area contributed by atoms with Gasteiger partial charge in [0.25, 0.3) is 0 Å². The number of rotatable bonds is 4. The van der Waals surface area contributed by atoms with Crippen LogP contribution >= 0.6 is 0 Å². The van der Waals surface area contributed by atoms with Crippen molar-refractivity contribution in [2.75, 3.05) is 31.1 Å². The minimum atomic E-state index is -0.674. The largest absolute Gasteiger partial charge is 0.368 e. The zero-order valence-corrected chi connectivity index (χ0v) is 15.9. The molecule has 0 saturated carbocycles. The molecule has 7 heteroatoms. The number of piperazine rings is 1. The Labute approximate surface area is 162 Å². The lowest BCUT2D eigenvalue weighted by Crippen LogP contribution is -2.52. The average molecular weight is 387 g/mol. The molecule has 5 nitrogen and oxygen atoms in total. The number of carbonyl (C=O) groups is 2. The summed E-state index contributed by atoms with van der Waals surface area (Å²) in [4.78, 5) is 27.7. The summed E-state index contributed by atoms with van der Waals surface area (Å²) in [6.07, 6.45) is 0. The van der Waals surface area contributed by atoms with E-state index in [4.69, 9.17) is 0 Å². The number of nitrogens with zero attached hydrogens (tertiary/aromatic N) is 2. The third kappa shape index (κ3) is 4.47. The van der Waals surface area contributed by atoms with Gasteiger partial charge in [-0.05, 0) is 44.2 Å². The Morgan fingerprint density at radius 2 is 1.64 bits per heavy atom. The molecule has 148 valence electrons. The highest BCUT2D eigenvalue weighted by Gasteiger charge is 2.23. The maximum Gasteiger partial charge on any atom is 0.317 e. The Bertz CT molecular complexity index is 862. The molecule has 0 spiro atoms. The van der Waals surface area contributed by atoms with Crippen LogP contribution in [0, 0.1) is 11.6 Å². The van der Waals surface area contributed by atoms with Gasteiger partial charge >= 0.3 is 6.03 Å². The van der Waals surface area contributed by atoms with Crippen molar-refractivity contribution in [1.82, 2.24) is 10.2 Å². The highest BCUT2D eigenvalue weighted by molar-refractivity contribution is 5.94. The summed E-state index contributed by atoms with van der Waals surface area (Å²) in [5, 5.41) is 2.77. The van der Waals surface area contributed by atoms with E-state index in [1.165, 1.54) is 19.1 Å². The number of hydrogen-bond donors (Lipinski definition) is 1. The number of benzene rings is 2. The molecule has 0 radical (unpaired) electrons. The second-order valence-corrected chi connectivity index (χ2v) is 6.91. The van der Waals surface area contributed by atoms with E-state index in [0.29, 0.717) is 31.7 Å². The van der Waals surface area contributed by atoms with Crippen molar-refractivity contribution in [2.24, 2.45) is 0 Å². The van der Waals surface area contributed by atoms with Crippen LogP contribution < -0.4 is 10.2 Å². The summed E-state index contributed by atoms with van der Waals surface area (Å²) in [7, 11) is 0. The topological polar surface area (TPSA) is 52.7 Å². The zero-order valence-electron chi connectivity index (χ0n) is 15.9. The van der Waals surface area contributed by atoms with Gasteiger partial charge in [-0.15, -0.1) is 0 Å². The number of nitrogens with one attached hydrogen (secondary N) is 1. The molecule has 1 aliphatic rings. The normalized spacial score (nSPS) is 15.3. The van der Waals surface area contributed by atoms with Crippen LogP contribution in [0.5, 0.6) is 0 Å². The third-order valence-electron chi connectivity index (χ3n) is 4.97. The average Bonchev–Trinajstić information content (AvgIpc) is 2.68. The summed E-state index contributed by atoms with van der Waals surface area (Å²) in [6.45, 7) is 5.57. The first kappa shape index (κ1) is 19.8. The second-order valence-electron chi connectivity index (χ2n) is 6.91. The molecule has 0 aliphatic carbocycles. The number of carbonyl (C=O) groups excluding carboxylic acids is 2. The monoisotopic (exact) mass is 387 g/mol. The first-order valence-electron chi connectivity index (χ1n) is 9.21. The Kier molecular flexibility index (Phi) is 5.92. The fourth-order valence-electron chi connectivity index (χ4n) is 3.28. The van der Waals surface area contributed by atoms with E-state index in [1.807, 2.05) is 12.1 Å². The lowest BCUT2D eigenvalue weighted by molar-refractivity contribution is 0.101. The Morgan fingerprint density at radius 1 is 1.00 bits per heavy atom. The molecule has 1 atom stereocenters. The van der Waals surface area contributed by atoms with Gasteiger partial charge in [0.05, 0.1) is 6.04 Å². The molecule has 0 bridgehead atoms. The fraction of sp³-hybridized carbons (Fsp3) is 0.333. The molecule has 1 saturated heterocycles. The van der Waals surface area contributed by atoms with Crippen LogP contribution in [-0.4, -0.2) is 42.9 Å². The summed E-state index contributed by atoms with van der Waals surface area (Å²) in [5.41, 5.74) is 1.93. The molecular formula is C21H23F2N3O2. The molecule has 1 unspecified atom stereocenters. The van der Waals surface area contributed by atoms with Crippen molar-refractivity contribution in [1.29, 1.82) is 0 Å². The number of urea groups is 1. The van der Waals surface area contributed by atoms with Gasteiger partial charge < -0.3 is 15.1 Å².